The average molecular weight is 882 g/mol. The molecule has 0 fully saturated rings. The van der Waals surface area contributed by atoms with Gasteiger partial charge in [-0.3, -0.25) is 0 Å². The van der Waals surface area contributed by atoms with Crippen LogP contribution in [0.4, 0.5) is 0 Å². The van der Waals surface area contributed by atoms with E-state index in [-0.39, 0.29) is 7.43 Å². The van der Waals surface area contributed by atoms with Crippen LogP contribution >= 0.6 is 0 Å². The third kappa shape index (κ3) is 14.1. The lowest BCUT2D eigenvalue weighted by Crippen LogP contribution is -3.00. The predicted molar refractivity (Wildman–Crippen MR) is 265 cm³/mol. The lowest BCUT2D eigenvalue weighted by atomic mass is 10.1. The van der Waals surface area contributed by atoms with E-state index in [0.29, 0.717) is 0 Å². The number of nitrogens with one attached hydrogen (secondary N) is 5. The molecule has 0 saturated heterocycles. The summed E-state index contributed by atoms with van der Waals surface area (Å²) >= 11 is 0. The lowest BCUT2D eigenvalue weighted by molar-refractivity contribution is -0.800. The molecule has 0 aromatic carbocycles. The molecule has 0 aliphatic heterocycles. The minimum atomic E-state index is 0. The van der Waals surface area contributed by atoms with Crippen LogP contribution in [-0.2, 0) is 0 Å². The molecule has 0 aliphatic rings. The molecule has 5 N–H and O–H groups in total. The number of nitrogens with zero attached hydrogens (tertiary/aromatic N) is 13. The summed E-state index contributed by atoms with van der Waals surface area (Å²) in [7, 11) is 24.2. The summed E-state index contributed by atoms with van der Waals surface area (Å²) in [5.74, 6) is 0. The first-order valence-corrected chi connectivity index (χ1v) is 20.5. The fraction of sp³-hybridized carbons (Fsp3) is 0.277. The van der Waals surface area contributed by atoms with Gasteiger partial charge in [0, 0.05) is 86.9 Å². The summed E-state index contributed by atoms with van der Waals surface area (Å²) in [6.45, 7) is 1.97. The molecule has 340 valence electrons. The van der Waals surface area contributed by atoms with E-state index in [9.17, 15) is 0 Å². The molecule has 8 rings (SSSR count). The average Bonchev–Trinajstić information content (AvgIpc) is 4.07. The second kappa shape index (κ2) is 23.6. The van der Waals surface area contributed by atoms with Crippen molar-refractivity contribution in [3.05, 3.63) is 123 Å². The fourth-order valence-electron chi connectivity index (χ4n) is 6.49. The molecule has 0 spiro atoms. The monoisotopic (exact) mass is 882 g/mol. The highest BCUT2D eigenvalue weighted by atomic mass is 15.1. The second-order valence-corrected chi connectivity index (χ2v) is 16.1. The number of aromatic nitrogens is 12. The minimum Gasteiger partial charge on any atom is -0.383 e. The Morgan fingerprint density at radius 3 is 1.11 bits per heavy atom. The van der Waals surface area contributed by atoms with Gasteiger partial charge in [0.05, 0.1) is 48.0 Å². The summed E-state index contributed by atoms with van der Waals surface area (Å²) in [6, 6.07) is 7.98. The molecule has 0 bridgehead atoms. The zero-order valence-electron chi connectivity index (χ0n) is 40.2. The molecule has 0 atom stereocenters. The highest BCUT2D eigenvalue weighted by molar-refractivity contribution is 6.12. The number of quaternary nitrogens is 1. The highest BCUT2D eigenvalue weighted by Crippen LogP contribution is 2.22. The minimum absolute atomic E-state index is 0. The molecule has 0 amide bonds. The molecular weight excluding hydrogens is 817 g/mol. The van der Waals surface area contributed by atoms with Crippen molar-refractivity contribution in [1.82, 2.24) is 69.6 Å². The van der Waals surface area contributed by atoms with Crippen LogP contribution in [0, 0.1) is 14.4 Å². The van der Waals surface area contributed by atoms with Crippen LogP contribution in [0.15, 0.2) is 93.0 Å². The Morgan fingerprint density at radius 1 is 0.477 bits per heavy atom. The van der Waals surface area contributed by atoms with Gasteiger partial charge in [-0.25, -0.2) is 53.6 Å². The largest absolute Gasteiger partial charge is 0.383 e. The number of allylic oxidation sites excluding steroid dienone is 3. The van der Waals surface area contributed by atoms with Gasteiger partial charge in [-0.1, -0.05) is 0 Å². The van der Waals surface area contributed by atoms with Gasteiger partial charge >= 0.3 is 0 Å². The Bertz CT molecular complexity index is 2690. The molecule has 0 saturated carbocycles. The van der Waals surface area contributed by atoms with Crippen molar-refractivity contribution in [2.24, 2.45) is 0 Å². The quantitative estimate of drug-likeness (QED) is 0.0809. The maximum absolute atomic E-state index is 4.41. The summed E-state index contributed by atoms with van der Waals surface area (Å²) in [4.78, 5) is 51.5. The van der Waals surface area contributed by atoms with Crippen molar-refractivity contribution in [1.29, 1.82) is 0 Å². The van der Waals surface area contributed by atoms with Gasteiger partial charge in [0.15, 0.2) is 18.6 Å². The van der Waals surface area contributed by atoms with Gasteiger partial charge in [0.2, 0.25) is 0 Å². The van der Waals surface area contributed by atoms with Crippen LogP contribution in [0.25, 0.3) is 60.9 Å². The van der Waals surface area contributed by atoms with Gasteiger partial charge in [0.1, 0.15) is 102 Å². The molecule has 8 aromatic heterocycles. The molecule has 0 aliphatic carbocycles. The number of aromatic amines is 4. The Morgan fingerprint density at radius 2 is 0.785 bits per heavy atom. The number of aryl methyl sites for hydroxylation is 1. The van der Waals surface area contributed by atoms with E-state index in [0.717, 1.165) is 83.6 Å². The number of H-pyrrole nitrogens is 4. The molecule has 8 heterocycles. The SMILES string of the molecule is CN(C)/C=C(/C=[N+](C)C)c1ncnc2[nH]ccc12.CN(C)/C=C(/C=[N+](C)C)c1ncnc2[nH]ccc12.C[N+](C)=C/C(=C/[NH+](C)C)c1ncnc2[nH]ccc12.Cc1ncnc2[nH]ccc12.[CH3-]. The van der Waals surface area contributed by atoms with Gasteiger partial charge in [-0.05, 0) is 31.2 Å². The third-order valence-electron chi connectivity index (χ3n) is 8.87. The van der Waals surface area contributed by atoms with Crippen molar-refractivity contribution in [2.45, 2.75) is 6.92 Å². The van der Waals surface area contributed by atoms with Crippen LogP contribution in [0.2, 0.25) is 0 Å². The molecule has 65 heavy (non-hydrogen) atoms. The molecule has 8 aromatic rings. The van der Waals surface area contributed by atoms with E-state index in [2.05, 4.69) is 111 Å². The highest BCUT2D eigenvalue weighted by Gasteiger charge is 2.14. The lowest BCUT2D eigenvalue weighted by Gasteiger charge is -2.07. The first kappa shape index (κ1) is 49.9. The maximum atomic E-state index is 4.41. The van der Waals surface area contributed by atoms with Gasteiger partial charge < -0.3 is 42.1 Å². The standard InChI is InChI=1S/3C13H18N5.C7H7N3.CH3/c3*1-17(2)7-10(8-18(3)4)12-11-5-6-14-13(11)16-9-15-12;1-5-6-2-3-8-7(6)10-4-9-5;/h3*5-9H,1-4H3,(H,14,15,16);2-4H,1H3,(H,8,9,10);1H3/q3*+1;;-1/p+1. The van der Waals surface area contributed by atoms with Crippen LogP contribution in [0.5, 0.6) is 0 Å². The summed E-state index contributed by atoms with van der Waals surface area (Å²) in [5.41, 5.74) is 10.5. The summed E-state index contributed by atoms with van der Waals surface area (Å²) < 4.78 is 6.04. The Balaban J connectivity index is 0.000000192. The first-order valence-electron chi connectivity index (χ1n) is 20.5. The fourth-order valence-corrected chi connectivity index (χ4v) is 6.49. The molecule has 18 heteroatoms. The van der Waals surface area contributed by atoms with E-state index >= 15 is 0 Å². The zero-order valence-corrected chi connectivity index (χ0v) is 40.2. The Hall–Kier alpha value is -7.73. The van der Waals surface area contributed by atoms with Gasteiger partial charge in [-0.15, -0.1) is 0 Å². The predicted octanol–water partition coefficient (Wildman–Crippen LogP) is 3.91. The van der Waals surface area contributed by atoms with Gasteiger partial charge in [0.25, 0.3) is 0 Å². The van der Waals surface area contributed by atoms with Crippen molar-refractivity contribution < 1.29 is 18.6 Å². The van der Waals surface area contributed by atoms with Crippen LogP contribution < -0.4 is 4.90 Å². The molecule has 0 radical (unpaired) electrons. The van der Waals surface area contributed by atoms with Crippen molar-refractivity contribution >= 4 is 79.5 Å². The smallest absolute Gasteiger partial charge is 0.177 e. The van der Waals surface area contributed by atoms with Crippen molar-refractivity contribution in [3.8, 4) is 0 Å². The van der Waals surface area contributed by atoms with Crippen molar-refractivity contribution in [2.75, 3.05) is 84.6 Å². The number of rotatable bonds is 9. The van der Waals surface area contributed by atoms with Crippen LogP contribution in [-0.4, -0.2) is 187 Å². The Kier molecular flexibility index (Phi) is 18.2. The van der Waals surface area contributed by atoms with E-state index in [4.69, 9.17) is 0 Å². The number of hydrogen-bond donors (Lipinski definition) is 5. The molecule has 18 nitrogen and oxygen atoms in total. The summed E-state index contributed by atoms with van der Waals surface area (Å²) in [6.07, 6.45) is 26.2. The second-order valence-electron chi connectivity index (χ2n) is 16.1. The maximum Gasteiger partial charge on any atom is 0.177 e. The van der Waals surface area contributed by atoms with E-state index in [1.807, 2.05) is 150 Å². The number of fused-ring (bicyclic) bond motifs is 4. The first-order chi connectivity index (χ1) is 30.6. The Labute approximate surface area is 381 Å². The van der Waals surface area contributed by atoms with Crippen LogP contribution in [0.3, 0.4) is 0 Å². The van der Waals surface area contributed by atoms with E-state index < -0.39 is 0 Å². The van der Waals surface area contributed by atoms with Crippen LogP contribution in [0.1, 0.15) is 22.8 Å². The summed E-state index contributed by atoms with van der Waals surface area (Å²) in [5, 5.41) is 4.21. The van der Waals surface area contributed by atoms with E-state index in [1.165, 1.54) is 4.90 Å². The normalized spacial score (nSPS) is 11.4. The third-order valence-corrected chi connectivity index (χ3v) is 8.87. The van der Waals surface area contributed by atoms with Gasteiger partial charge in [-0.2, -0.15) is 0 Å². The van der Waals surface area contributed by atoms with Crippen molar-refractivity contribution in [3.63, 3.8) is 0 Å². The molecular formula is C47H65N18+3. The van der Waals surface area contributed by atoms with E-state index in [1.54, 1.807) is 25.3 Å². The zero-order chi connectivity index (χ0) is 46.3. The molecule has 0 unspecified atom stereocenters. The topological polar surface area (TPSA) is 186 Å². The number of hydrogen-bond acceptors (Lipinski definition) is 10.